The van der Waals surface area contributed by atoms with E-state index < -0.39 is 4.92 Å². The number of ether oxygens (including phenoxy) is 1. The largest absolute Gasteiger partial charge is 0.494 e. The third-order valence-electron chi connectivity index (χ3n) is 3.12. The van der Waals surface area contributed by atoms with Crippen LogP contribution in [0.2, 0.25) is 0 Å². The van der Waals surface area contributed by atoms with Crippen molar-refractivity contribution in [1.82, 2.24) is 0 Å². The SMILES string of the molecule is CCCOc1ccc(C=C(C#N)Nc2cccc([N+](=O)[O-])c2)cc1. The predicted octanol–water partition coefficient (Wildman–Crippen LogP) is 4.36. The molecule has 1 N–H and O–H groups in total. The van der Waals surface area contributed by atoms with Crippen LogP contribution in [0.5, 0.6) is 5.75 Å². The average molecular weight is 323 g/mol. The van der Waals surface area contributed by atoms with Gasteiger partial charge in [-0.1, -0.05) is 25.1 Å². The van der Waals surface area contributed by atoms with E-state index in [4.69, 9.17) is 4.74 Å². The van der Waals surface area contributed by atoms with Crippen molar-refractivity contribution >= 4 is 17.5 Å². The second-order valence-electron chi connectivity index (χ2n) is 5.02. The molecule has 24 heavy (non-hydrogen) atoms. The number of hydrogen-bond acceptors (Lipinski definition) is 5. The zero-order chi connectivity index (χ0) is 17.4. The molecule has 6 heteroatoms. The zero-order valence-corrected chi connectivity index (χ0v) is 13.2. The molecular formula is C18H17N3O3. The van der Waals surface area contributed by atoms with Gasteiger partial charge in [-0.15, -0.1) is 0 Å². The van der Waals surface area contributed by atoms with E-state index in [1.807, 2.05) is 37.3 Å². The van der Waals surface area contributed by atoms with Crippen LogP contribution in [0.3, 0.4) is 0 Å². The smallest absolute Gasteiger partial charge is 0.271 e. The van der Waals surface area contributed by atoms with Gasteiger partial charge in [-0.3, -0.25) is 10.1 Å². The van der Waals surface area contributed by atoms with Crippen LogP contribution >= 0.6 is 0 Å². The number of nitro groups is 1. The number of nitro benzene ring substituents is 1. The molecule has 0 saturated carbocycles. The predicted molar refractivity (Wildman–Crippen MR) is 92.5 cm³/mol. The molecule has 0 bridgehead atoms. The molecule has 0 amide bonds. The van der Waals surface area contributed by atoms with E-state index in [2.05, 4.69) is 5.32 Å². The number of nitrogens with zero attached hydrogens (tertiary/aromatic N) is 2. The Bertz CT molecular complexity index is 777. The summed E-state index contributed by atoms with van der Waals surface area (Å²) < 4.78 is 5.51. The topological polar surface area (TPSA) is 88.2 Å². The summed E-state index contributed by atoms with van der Waals surface area (Å²) in [6.45, 7) is 2.70. The van der Waals surface area contributed by atoms with Gasteiger partial charge in [0.25, 0.3) is 5.69 Å². The van der Waals surface area contributed by atoms with Gasteiger partial charge in [0, 0.05) is 17.8 Å². The molecule has 0 aliphatic carbocycles. The molecule has 0 aliphatic heterocycles. The van der Waals surface area contributed by atoms with E-state index in [0.717, 1.165) is 17.7 Å². The molecule has 0 aliphatic rings. The Morgan fingerprint density at radius 2 is 2.08 bits per heavy atom. The molecule has 0 atom stereocenters. The molecule has 0 aromatic heterocycles. The summed E-state index contributed by atoms with van der Waals surface area (Å²) in [5, 5.41) is 22.9. The van der Waals surface area contributed by atoms with Gasteiger partial charge < -0.3 is 10.1 Å². The van der Waals surface area contributed by atoms with Crippen molar-refractivity contribution in [2.45, 2.75) is 13.3 Å². The third-order valence-corrected chi connectivity index (χ3v) is 3.12. The molecule has 2 aromatic carbocycles. The van der Waals surface area contributed by atoms with Crippen LogP contribution in [0.15, 0.2) is 54.2 Å². The van der Waals surface area contributed by atoms with E-state index in [0.29, 0.717) is 12.3 Å². The highest BCUT2D eigenvalue weighted by Gasteiger charge is 2.06. The maximum Gasteiger partial charge on any atom is 0.271 e. The lowest BCUT2D eigenvalue weighted by atomic mass is 10.2. The monoisotopic (exact) mass is 323 g/mol. The van der Waals surface area contributed by atoms with Crippen LogP contribution in [0.1, 0.15) is 18.9 Å². The van der Waals surface area contributed by atoms with Crippen molar-refractivity contribution in [2.75, 3.05) is 11.9 Å². The molecule has 0 heterocycles. The molecular weight excluding hydrogens is 306 g/mol. The van der Waals surface area contributed by atoms with Crippen LogP contribution < -0.4 is 10.1 Å². The normalized spacial score (nSPS) is 10.8. The summed E-state index contributed by atoms with van der Waals surface area (Å²) in [6.07, 6.45) is 2.61. The number of allylic oxidation sites excluding steroid dienone is 1. The molecule has 2 rings (SSSR count). The van der Waals surface area contributed by atoms with Crippen molar-refractivity contribution in [3.63, 3.8) is 0 Å². The second-order valence-corrected chi connectivity index (χ2v) is 5.02. The quantitative estimate of drug-likeness (QED) is 0.464. The van der Waals surface area contributed by atoms with E-state index in [1.54, 1.807) is 18.2 Å². The van der Waals surface area contributed by atoms with E-state index in [1.165, 1.54) is 12.1 Å². The number of benzene rings is 2. The number of non-ortho nitro benzene ring substituents is 1. The molecule has 0 radical (unpaired) electrons. The van der Waals surface area contributed by atoms with Crippen LogP contribution in [-0.2, 0) is 0 Å². The number of nitrogens with one attached hydrogen (secondary N) is 1. The first-order valence-electron chi connectivity index (χ1n) is 7.48. The molecule has 122 valence electrons. The Morgan fingerprint density at radius 1 is 1.33 bits per heavy atom. The van der Waals surface area contributed by atoms with Crippen LogP contribution in [0.4, 0.5) is 11.4 Å². The Balaban J connectivity index is 2.13. The minimum Gasteiger partial charge on any atom is -0.494 e. The van der Waals surface area contributed by atoms with Gasteiger partial charge >= 0.3 is 0 Å². The van der Waals surface area contributed by atoms with Crippen molar-refractivity contribution in [1.29, 1.82) is 5.26 Å². The molecule has 0 saturated heterocycles. The van der Waals surface area contributed by atoms with Gasteiger partial charge in [-0.2, -0.15) is 5.26 Å². The first kappa shape index (κ1) is 17.0. The van der Waals surface area contributed by atoms with Gasteiger partial charge in [-0.25, -0.2) is 0 Å². The first-order valence-corrected chi connectivity index (χ1v) is 7.48. The standard InChI is InChI=1S/C18H17N3O3/c1-2-10-24-18-8-6-14(7-9-18)11-16(13-19)20-15-4-3-5-17(12-15)21(22)23/h3-9,11-12,20H,2,10H2,1H3. The summed E-state index contributed by atoms with van der Waals surface area (Å²) in [5.74, 6) is 0.777. The van der Waals surface area contributed by atoms with E-state index in [-0.39, 0.29) is 11.4 Å². The minimum atomic E-state index is -0.476. The average Bonchev–Trinajstić information content (AvgIpc) is 2.60. The fourth-order valence-corrected chi connectivity index (χ4v) is 2.00. The summed E-state index contributed by atoms with van der Waals surface area (Å²) in [4.78, 5) is 10.3. The Morgan fingerprint density at radius 3 is 2.71 bits per heavy atom. The highest BCUT2D eigenvalue weighted by Crippen LogP contribution is 2.20. The fraction of sp³-hybridized carbons (Fsp3) is 0.167. The summed E-state index contributed by atoms with van der Waals surface area (Å²) in [6, 6.07) is 15.4. The highest BCUT2D eigenvalue weighted by molar-refractivity contribution is 5.65. The van der Waals surface area contributed by atoms with Gasteiger partial charge in [0.1, 0.15) is 17.5 Å². The Kier molecular flexibility index (Phi) is 5.92. The van der Waals surface area contributed by atoms with Crippen molar-refractivity contribution < 1.29 is 9.66 Å². The maximum atomic E-state index is 10.8. The second kappa shape index (κ2) is 8.34. The molecule has 0 unspecified atom stereocenters. The van der Waals surface area contributed by atoms with Crippen molar-refractivity contribution in [2.24, 2.45) is 0 Å². The maximum absolute atomic E-state index is 10.8. The van der Waals surface area contributed by atoms with Gasteiger partial charge in [0.2, 0.25) is 0 Å². The lowest BCUT2D eigenvalue weighted by Crippen LogP contribution is -1.98. The first-order chi connectivity index (χ1) is 11.6. The van der Waals surface area contributed by atoms with E-state index in [9.17, 15) is 15.4 Å². The van der Waals surface area contributed by atoms with Gasteiger partial charge in [-0.05, 0) is 36.3 Å². The lowest BCUT2D eigenvalue weighted by molar-refractivity contribution is -0.384. The summed E-state index contributed by atoms with van der Waals surface area (Å²) >= 11 is 0. The van der Waals surface area contributed by atoms with Gasteiger partial charge in [0.05, 0.1) is 11.5 Å². The summed E-state index contributed by atoms with van der Waals surface area (Å²) in [5.41, 5.74) is 1.57. The number of rotatable bonds is 7. The third kappa shape index (κ3) is 4.85. The number of hydrogen-bond donors (Lipinski definition) is 1. The lowest BCUT2D eigenvalue weighted by Gasteiger charge is -2.06. The minimum absolute atomic E-state index is 0.0327. The van der Waals surface area contributed by atoms with Crippen molar-refractivity contribution in [3.05, 3.63) is 69.9 Å². The van der Waals surface area contributed by atoms with Gasteiger partial charge in [0.15, 0.2) is 0 Å². The van der Waals surface area contributed by atoms with E-state index >= 15 is 0 Å². The molecule has 0 fully saturated rings. The van der Waals surface area contributed by atoms with Crippen LogP contribution in [0, 0.1) is 21.4 Å². The Labute approximate surface area is 140 Å². The van der Waals surface area contributed by atoms with Crippen LogP contribution in [-0.4, -0.2) is 11.5 Å². The number of nitriles is 1. The zero-order valence-electron chi connectivity index (χ0n) is 13.2. The molecule has 2 aromatic rings. The van der Waals surface area contributed by atoms with Crippen LogP contribution in [0.25, 0.3) is 6.08 Å². The number of anilines is 1. The summed E-state index contributed by atoms with van der Waals surface area (Å²) in [7, 11) is 0. The fourth-order valence-electron chi connectivity index (χ4n) is 2.00. The Hall–Kier alpha value is -3.33. The molecule has 6 nitrogen and oxygen atoms in total. The molecule has 0 spiro atoms. The van der Waals surface area contributed by atoms with Crippen molar-refractivity contribution in [3.8, 4) is 11.8 Å². The highest BCUT2D eigenvalue weighted by atomic mass is 16.6.